The first-order chi connectivity index (χ1) is 8.74. The van der Waals surface area contributed by atoms with E-state index in [0.29, 0.717) is 11.2 Å². The molecule has 4 nitrogen and oxygen atoms in total. The Hall–Kier alpha value is -0.880. The van der Waals surface area contributed by atoms with Gasteiger partial charge in [-0.15, -0.1) is 0 Å². The topological polar surface area (TPSA) is 56.7 Å². The lowest BCUT2D eigenvalue weighted by Gasteiger charge is -2.21. The van der Waals surface area contributed by atoms with Gasteiger partial charge in [0.25, 0.3) is 0 Å². The molecule has 0 aliphatic carbocycles. The Morgan fingerprint density at radius 3 is 3.06 bits per heavy atom. The van der Waals surface area contributed by atoms with Crippen molar-refractivity contribution in [2.24, 2.45) is 0 Å². The number of nitrogens with two attached hydrogens (primary N) is 1. The number of thioether (sulfide) groups is 2. The number of aryl methyl sites for hydroxylation is 1. The van der Waals surface area contributed by atoms with Gasteiger partial charge in [-0.2, -0.15) is 23.5 Å². The lowest BCUT2D eigenvalue weighted by Crippen LogP contribution is -2.21. The second-order valence-corrected chi connectivity index (χ2v) is 7.00. The van der Waals surface area contributed by atoms with Crippen LogP contribution in [0.5, 0.6) is 0 Å². The van der Waals surface area contributed by atoms with Gasteiger partial charge in [0, 0.05) is 34.7 Å². The van der Waals surface area contributed by atoms with E-state index in [-0.39, 0.29) is 0 Å². The molecule has 2 aromatic heterocycles. The normalized spacial score (nSPS) is 20.4. The maximum Gasteiger partial charge on any atom is 0.202 e. The quantitative estimate of drug-likeness (QED) is 0.913. The van der Waals surface area contributed by atoms with Gasteiger partial charge in [-0.3, -0.25) is 4.57 Å². The van der Waals surface area contributed by atoms with Crippen LogP contribution in [0.3, 0.4) is 0 Å². The summed E-state index contributed by atoms with van der Waals surface area (Å²) in [4.78, 5) is 8.95. The van der Waals surface area contributed by atoms with Gasteiger partial charge in [-0.1, -0.05) is 0 Å². The number of anilines is 1. The van der Waals surface area contributed by atoms with E-state index in [0.717, 1.165) is 23.4 Å². The molecule has 3 heterocycles. The molecule has 0 saturated carbocycles. The van der Waals surface area contributed by atoms with E-state index in [2.05, 4.69) is 14.5 Å². The maximum atomic E-state index is 6.02. The van der Waals surface area contributed by atoms with Crippen molar-refractivity contribution in [3.63, 3.8) is 0 Å². The Morgan fingerprint density at radius 1 is 1.39 bits per heavy atom. The minimum absolute atomic E-state index is 0.583. The van der Waals surface area contributed by atoms with Crippen molar-refractivity contribution in [1.82, 2.24) is 14.5 Å². The van der Waals surface area contributed by atoms with Gasteiger partial charge < -0.3 is 5.73 Å². The minimum Gasteiger partial charge on any atom is -0.369 e. The van der Waals surface area contributed by atoms with Gasteiger partial charge in [-0.05, 0) is 19.1 Å². The van der Waals surface area contributed by atoms with Crippen LogP contribution in [0.25, 0.3) is 11.2 Å². The van der Waals surface area contributed by atoms with Crippen molar-refractivity contribution < 1.29 is 0 Å². The summed E-state index contributed by atoms with van der Waals surface area (Å²) in [7, 11) is 0. The Balaban J connectivity index is 1.94. The summed E-state index contributed by atoms with van der Waals surface area (Å²) in [5.74, 6) is 4.27. The van der Waals surface area contributed by atoms with Crippen molar-refractivity contribution in [3.8, 4) is 0 Å². The van der Waals surface area contributed by atoms with E-state index in [1.807, 2.05) is 42.6 Å². The molecule has 3 rings (SSSR count). The summed E-state index contributed by atoms with van der Waals surface area (Å²) in [6.45, 7) is 2.91. The van der Waals surface area contributed by atoms with Crippen molar-refractivity contribution in [3.05, 3.63) is 17.8 Å². The molecule has 1 aliphatic rings. The first-order valence-electron chi connectivity index (χ1n) is 6.03. The van der Waals surface area contributed by atoms with Crippen LogP contribution in [0, 0.1) is 6.92 Å². The molecule has 96 valence electrons. The molecular formula is C12H16N4S2. The molecule has 18 heavy (non-hydrogen) atoms. The summed E-state index contributed by atoms with van der Waals surface area (Å²) >= 11 is 4.05. The highest BCUT2D eigenvalue weighted by Gasteiger charge is 2.18. The van der Waals surface area contributed by atoms with Gasteiger partial charge in [-0.25, -0.2) is 9.97 Å². The first-order valence-corrected chi connectivity index (χ1v) is 8.23. The van der Waals surface area contributed by atoms with E-state index in [4.69, 9.17) is 5.73 Å². The van der Waals surface area contributed by atoms with E-state index < -0.39 is 0 Å². The fourth-order valence-electron chi connectivity index (χ4n) is 2.14. The summed E-state index contributed by atoms with van der Waals surface area (Å²) in [6, 6.07) is 3.97. The summed E-state index contributed by atoms with van der Waals surface area (Å²) < 4.78 is 2.06. The Labute approximate surface area is 115 Å². The van der Waals surface area contributed by atoms with Crippen molar-refractivity contribution in [2.45, 2.75) is 18.7 Å². The molecule has 0 amide bonds. The number of fused-ring (bicyclic) bond motifs is 1. The molecule has 1 fully saturated rings. The third-order valence-electron chi connectivity index (χ3n) is 3.03. The van der Waals surface area contributed by atoms with Crippen LogP contribution >= 0.6 is 23.5 Å². The van der Waals surface area contributed by atoms with Crippen LogP contribution in [0.4, 0.5) is 5.95 Å². The first kappa shape index (κ1) is 12.2. The molecule has 1 unspecified atom stereocenters. The van der Waals surface area contributed by atoms with Gasteiger partial charge in [0.15, 0.2) is 5.65 Å². The number of hydrogen-bond acceptors (Lipinski definition) is 5. The van der Waals surface area contributed by atoms with Gasteiger partial charge >= 0.3 is 0 Å². The predicted octanol–water partition coefficient (Wildman–Crippen LogP) is 2.17. The van der Waals surface area contributed by atoms with Crippen LogP contribution in [-0.4, -0.2) is 37.0 Å². The lowest BCUT2D eigenvalue weighted by atomic mass is 10.3. The highest BCUT2D eigenvalue weighted by atomic mass is 32.2. The zero-order chi connectivity index (χ0) is 12.5. The number of rotatable bonds is 2. The van der Waals surface area contributed by atoms with Crippen LogP contribution in [0.2, 0.25) is 0 Å². The SMILES string of the molecule is Cc1ccc2nc(N)n(CC3CSCCS3)c2n1. The molecule has 0 bridgehead atoms. The molecule has 6 heteroatoms. The zero-order valence-electron chi connectivity index (χ0n) is 10.3. The van der Waals surface area contributed by atoms with Crippen molar-refractivity contribution >= 4 is 40.6 Å². The van der Waals surface area contributed by atoms with E-state index in [9.17, 15) is 0 Å². The third kappa shape index (κ3) is 2.31. The Kier molecular flexibility index (Phi) is 3.39. The maximum absolute atomic E-state index is 6.02. The van der Waals surface area contributed by atoms with Crippen LogP contribution in [0.1, 0.15) is 5.69 Å². The molecule has 2 aromatic rings. The highest BCUT2D eigenvalue weighted by molar-refractivity contribution is 8.06. The minimum atomic E-state index is 0.583. The van der Waals surface area contributed by atoms with Crippen LogP contribution < -0.4 is 5.73 Å². The Bertz CT molecular complexity index is 560. The monoisotopic (exact) mass is 280 g/mol. The van der Waals surface area contributed by atoms with Crippen LogP contribution in [-0.2, 0) is 6.54 Å². The summed E-state index contributed by atoms with van der Waals surface area (Å²) in [5, 5.41) is 0.616. The predicted molar refractivity (Wildman–Crippen MR) is 80.2 cm³/mol. The van der Waals surface area contributed by atoms with E-state index in [1.165, 1.54) is 17.3 Å². The molecule has 0 aromatic carbocycles. The number of pyridine rings is 1. The fraction of sp³-hybridized carbons (Fsp3) is 0.500. The number of aromatic nitrogens is 3. The average molecular weight is 280 g/mol. The Morgan fingerprint density at radius 2 is 2.28 bits per heavy atom. The van der Waals surface area contributed by atoms with Crippen LogP contribution in [0.15, 0.2) is 12.1 Å². The lowest BCUT2D eigenvalue weighted by molar-refractivity contribution is 0.717. The number of nitrogens with zero attached hydrogens (tertiary/aromatic N) is 3. The molecule has 2 N–H and O–H groups in total. The summed E-state index contributed by atoms with van der Waals surface area (Å²) in [5.41, 5.74) is 8.84. The second-order valence-electron chi connectivity index (χ2n) is 4.44. The molecule has 1 aliphatic heterocycles. The standard InChI is InChI=1S/C12H16N4S2/c1-8-2-3-10-11(14-8)16(12(13)15-10)6-9-7-17-4-5-18-9/h2-3,9H,4-7H2,1H3,(H2,13,15). The van der Waals surface area contributed by atoms with Gasteiger partial charge in [0.05, 0.1) is 0 Å². The second kappa shape index (κ2) is 5.01. The molecule has 0 spiro atoms. The van der Waals surface area contributed by atoms with Crippen molar-refractivity contribution in [1.29, 1.82) is 0 Å². The summed E-state index contributed by atoms with van der Waals surface area (Å²) in [6.07, 6.45) is 0. The fourth-order valence-corrected chi connectivity index (χ4v) is 4.79. The zero-order valence-corrected chi connectivity index (χ0v) is 11.9. The largest absolute Gasteiger partial charge is 0.369 e. The third-order valence-corrected chi connectivity index (χ3v) is 5.86. The smallest absolute Gasteiger partial charge is 0.202 e. The van der Waals surface area contributed by atoms with Gasteiger partial charge in [0.1, 0.15) is 5.52 Å². The van der Waals surface area contributed by atoms with E-state index in [1.54, 1.807) is 0 Å². The molecule has 0 radical (unpaired) electrons. The average Bonchev–Trinajstić information content (AvgIpc) is 2.67. The number of nitrogen functional groups attached to an aromatic ring is 1. The number of imidazole rings is 1. The molecular weight excluding hydrogens is 264 g/mol. The highest BCUT2D eigenvalue weighted by Crippen LogP contribution is 2.27. The van der Waals surface area contributed by atoms with E-state index >= 15 is 0 Å². The van der Waals surface area contributed by atoms with Gasteiger partial charge in [0.2, 0.25) is 5.95 Å². The number of hydrogen-bond donors (Lipinski definition) is 1. The molecule has 1 atom stereocenters. The molecule has 1 saturated heterocycles. The van der Waals surface area contributed by atoms with Crippen molar-refractivity contribution in [2.75, 3.05) is 23.0 Å².